The molecular formula is C10H18N2O3S. The Labute approximate surface area is 99.8 Å². The van der Waals surface area contributed by atoms with E-state index in [0.717, 1.165) is 0 Å². The Morgan fingerprint density at radius 2 is 2.38 bits per heavy atom. The van der Waals surface area contributed by atoms with Crippen LogP contribution in [0.15, 0.2) is 0 Å². The fourth-order valence-corrected chi connectivity index (χ4v) is 2.23. The van der Waals surface area contributed by atoms with Gasteiger partial charge in [-0.15, -0.1) is 11.8 Å². The number of rotatable bonds is 5. The molecule has 6 heteroatoms. The molecule has 1 fully saturated rings. The van der Waals surface area contributed by atoms with E-state index in [1.807, 2.05) is 0 Å². The van der Waals surface area contributed by atoms with Gasteiger partial charge >= 0.3 is 0 Å². The van der Waals surface area contributed by atoms with Gasteiger partial charge in [-0.25, -0.2) is 0 Å². The van der Waals surface area contributed by atoms with Crippen molar-refractivity contribution >= 4 is 23.6 Å². The molecule has 0 radical (unpaired) electrons. The minimum Gasteiger partial charge on any atom is -0.393 e. The Morgan fingerprint density at radius 1 is 1.69 bits per heavy atom. The molecule has 1 rings (SSSR count). The lowest BCUT2D eigenvalue weighted by Gasteiger charge is -2.21. The molecule has 16 heavy (non-hydrogen) atoms. The first kappa shape index (κ1) is 13.3. The first-order valence-corrected chi connectivity index (χ1v) is 6.43. The summed E-state index contributed by atoms with van der Waals surface area (Å²) in [6.45, 7) is 2.37. The molecule has 0 aromatic heterocycles. The molecule has 92 valence electrons. The second-order valence-corrected chi connectivity index (χ2v) is 4.98. The Bertz CT molecular complexity index is 271. The lowest BCUT2D eigenvalue weighted by molar-refractivity contribution is -0.137. The van der Waals surface area contributed by atoms with Crippen LogP contribution < -0.4 is 0 Å². The summed E-state index contributed by atoms with van der Waals surface area (Å²) in [6.07, 6.45) is 0.157. The normalized spacial score (nSPS) is 17.7. The summed E-state index contributed by atoms with van der Waals surface area (Å²) in [6, 6.07) is 0. The molecule has 5 nitrogen and oxygen atoms in total. The van der Waals surface area contributed by atoms with E-state index in [1.165, 1.54) is 11.8 Å². The van der Waals surface area contributed by atoms with Gasteiger partial charge in [0.25, 0.3) is 0 Å². The van der Waals surface area contributed by atoms with Gasteiger partial charge in [0.05, 0.1) is 17.7 Å². The number of thioether (sulfide) groups is 1. The summed E-state index contributed by atoms with van der Waals surface area (Å²) >= 11 is 1.53. The Kier molecular flexibility index (Phi) is 5.08. The molecule has 2 amide bonds. The van der Waals surface area contributed by atoms with Gasteiger partial charge in [0, 0.05) is 13.6 Å². The summed E-state index contributed by atoms with van der Waals surface area (Å²) in [4.78, 5) is 26.1. The van der Waals surface area contributed by atoms with Gasteiger partial charge in [0.15, 0.2) is 0 Å². The number of aliphatic hydroxyl groups excluding tert-OH is 1. The third kappa shape index (κ3) is 4.02. The standard InChI is InChI=1S/C10H18N2O3S/c1-8(13)3-4-11(2)9(14)5-12-7-16-6-10(12)15/h8,13H,3-7H2,1-2H3. The van der Waals surface area contributed by atoms with Crippen molar-refractivity contribution < 1.29 is 14.7 Å². The lowest BCUT2D eigenvalue weighted by Crippen LogP contribution is -2.40. The highest BCUT2D eigenvalue weighted by Gasteiger charge is 2.24. The van der Waals surface area contributed by atoms with Gasteiger partial charge in [-0.3, -0.25) is 9.59 Å². The molecule has 0 aliphatic carbocycles. The monoisotopic (exact) mass is 246 g/mol. The first-order valence-electron chi connectivity index (χ1n) is 5.28. The summed E-state index contributed by atoms with van der Waals surface area (Å²) in [5, 5.41) is 9.10. The van der Waals surface area contributed by atoms with E-state index in [0.29, 0.717) is 24.6 Å². The van der Waals surface area contributed by atoms with E-state index in [-0.39, 0.29) is 18.4 Å². The summed E-state index contributed by atoms with van der Waals surface area (Å²) in [7, 11) is 1.69. The lowest BCUT2D eigenvalue weighted by atomic mass is 10.3. The van der Waals surface area contributed by atoms with E-state index in [2.05, 4.69) is 0 Å². The van der Waals surface area contributed by atoms with Crippen LogP contribution in [0.3, 0.4) is 0 Å². The molecule has 1 N–H and O–H groups in total. The van der Waals surface area contributed by atoms with Crippen LogP contribution in [-0.4, -0.2) is 64.6 Å². The minimum absolute atomic E-state index is 0.0299. The molecule has 0 spiro atoms. The van der Waals surface area contributed by atoms with Gasteiger partial charge in [-0.1, -0.05) is 0 Å². The molecule has 1 unspecified atom stereocenters. The first-order chi connectivity index (χ1) is 7.50. The molecule has 1 aliphatic rings. The van der Waals surface area contributed by atoms with Crippen molar-refractivity contribution in [1.29, 1.82) is 0 Å². The van der Waals surface area contributed by atoms with Crippen molar-refractivity contribution in [3.8, 4) is 0 Å². The highest BCUT2D eigenvalue weighted by molar-refractivity contribution is 8.00. The quantitative estimate of drug-likeness (QED) is 0.726. The zero-order valence-electron chi connectivity index (χ0n) is 9.68. The maximum absolute atomic E-state index is 11.7. The predicted octanol–water partition coefficient (Wildman–Crippen LogP) is -0.251. The Balaban J connectivity index is 2.30. The smallest absolute Gasteiger partial charge is 0.241 e. The molecule has 0 aromatic rings. The van der Waals surface area contributed by atoms with E-state index in [1.54, 1.807) is 23.8 Å². The Hall–Kier alpha value is -0.750. The fourth-order valence-electron chi connectivity index (χ4n) is 1.33. The maximum atomic E-state index is 11.7. The fraction of sp³-hybridized carbons (Fsp3) is 0.800. The van der Waals surface area contributed by atoms with Crippen molar-refractivity contribution in [3.63, 3.8) is 0 Å². The number of amides is 2. The molecule has 1 atom stereocenters. The second-order valence-electron chi connectivity index (χ2n) is 4.02. The molecular weight excluding hydrogens is 228 g/mol. The SMILES string of the molecule is CC(O)CCN(C)C(=O)CN1CSCC1=O. The predicted molar refractivity (Wildman–Crippen MR) is 63.0 cm³/mol. The van der Waals surface area contributed by atoms with Gasteiger partial charge in [0.1, 0.15) is 6.54 Å². The zero-order valence-corrected chi connectivity index (χ0v) is 10.5. The van der Waals surface area contributed by atoms with Crippen molar-refractivity contribution in [2.24, 2.45) is 0 Å². The second kappa shape index (κ2) is 6.10. The van der Waals surface area contributed by atoms with Crippen molar-refractivity contribution in [2.45, 2.75) is 19.4 Å². The van der Waals surface area contributed by atoms with Crippen LogP contribution in [0.25, 0.3) is 0 Å². The molecule has 0 saturated carbocycles. The largest absolute Gasteiger partial charge is 0.393 e. The molecule has 0 bridgehead atoms. The maximum Gasteiger partial charge on any atom is 0.241 e. The number of likely N-dealkylation sites (N-methyl/N-ethyl adjacent to an activating group) is 1. The molecule has 1 heterocycles. The number of nitrogens with zero attached hydrogens (tertiary/aromatic N) is 2. The van der Waals surface area contributed by atoms with Gasteiger partial charge in [-0.2, -0.15) is 0 Å². The number of hydrogen-bond acceptors (Lipinski definition) is 4. The average molecular weight is 246 g/mol. The molecule has 1 aliphatic heterocycles. The van der Waals surface area contributed by atoms with Crippen LogP contribution in [0, 0.1) is 0 Å². The summed E-state index contributed by atoms with van der Waals surface area (Å²) < 4.78 is 0. The van der Waals surface area contributed by atoms with Gasteiger partial charge in [0.2, 0.25) is 11.8 Å². The number of carbonyl (C=O) groups excluding carboxylic acids is 2. The average Bonchev–Trinajstić information content (AvgIpc) is 2.60. The van der Waals surface area contributed by atoms with Crippen molar-refractivity contribution in [1.82, 2.24) is 9.80 Å². The van der Waals surface area contributed by atoms with Crippen LogP contribution >= 0.6 is 11.8 Å². The molecule has 1 saturated heterocycles. The van der Waals surface area contributed by atoms with Gasteiger partial charge < -0.3 is 14.9 Å². The third-order valence-electron chi connectivity index (χ3n) is 2.46. The zero-order chi connectivity index (χ0) is 12.1. The third-order valence-corrected chi connectivity index (χ3v) is 3.40. The topological polar surface area (TPSA) is 60.9 Å². The number of hydrogen-bond donors (Lipinski definition) is 1. The van der Waals surface area contributed by atoms with Crippen LogP contribution in [-0.2, 0) is 9.59 Å². The highest BCUT2D eigenvalue weighted by atomic mass is 32.2. The minimum atomic E-state index is -0.403. The summed E-state index contributed by atoms with van der Waals surface area (Å²) in [5.74, 6) is 1.04. The van der Waals surface area contributed by atoms with Gasteiger partial charge in [-0.05, 0) is 13.3 Å². The number of carbonyl (C=O) groups is 2. The van der Waals surface area contributed by atoms with Crippen LogP contribution in [0.5, 0.6) is 0 Å². The van der Waals surface area contributed by atoms with Crippen molar-refractivity contribution in [3.05, 3.63) is 0 Å². The van der Waals surface area contributed by atoms with Crippen LogP contribution in [0.2, 0.25) is 0 Å². The molecule has 0 aromatic carbocycles. The van der Waals surface area contributed by atoms with Crippen LogP contribution in [0.4, 0.5) is 0 Å². The summed E-state index contributed by atoms with van der Waals surface area (Å²) in [5.41, 5.74) is 0. The highest BCUT2D eigenvalue weighted by Crippen LogP contribution is 2.14. The van der Waals surface area contributed by atoms with Crippen molar-refractivity contribution in [2.75, 3.05) is 31.8 Å². The van der Waals surface area contributed by atoms with E-state index in [9.17, 15) is 9.59 Å². The number of aliphatic hydroxyl groups is 1. The van der Waals surface area contributed by atoms with Crippen LogP contribution in [0.1, 0.15) is 13.3 Å². The van der Waals surface area contributed by atoms with E-state index < -0.39 is 6.10 Å². The van der Waals surface area contributed by atoms with E-state index in [4.69, 9.17) is 5.11 Å². The Morgan fingerprint density at radius 3 is 2.88 bits per heavy atom. The van der Waals surface area contributed by atoms with E-state index >= 15 is 0 Å².